The van der Waals surface area contributed by atoms with Crippen LogP contribution in [0, 0.1) is 18.8 Å². The van der Waals surface area contributed by atoms with Crippen molar-refractivity contribution in [3.8, 4) is 22.4 Å². The molecule has 232 valence electrons. The number of hydrogen-bond acceptors (Lipinski definition) is 0. The number of hydrogen-bond donors (Lipinski definition) is 0. The van der Waals surface area contributed by atoms with Gasteiger partial charge >= 0.3 is 0 Å². The first-order chi connectivity index (χ1) is 21.5. The number of pyridine rings is 1. The molecule has 0 saturated heterocycles. The van der Waals surface area contributed by atoms with E-state index in [9.17, 15) is 0 Å². The van der Waals surface area contributed by atoms with Gasteiger partial charge in [0, 0.05) is 16.3 Å². The Balaban J connectivity index is 1.77. The van der Waals surface area contributed by atoms with Crippen LogP contribution in [-0.4, -0.2) is 4.40 Å². The number of rotatable bonds is 8. The monoisotopic (exact) mass is 595 g/mol. The van der Waals surface area contributed by atoms with E-state index >= 15 is 0 Å². The molecule has 6 aromatic rings. The van der Waals surface area contributed by atoms with E-state index < -0.39 is 0 Å². The van der Waals surface area contributed by atoms with Gasteiger partial charge in [-0.2, -0.15) is 4.40 Å². The third-order valence-electron chi connectivity index (χ3n) is 9.54. The molecule has 0 spiro atoms. The molecule has 0 aliphatic rings. The van der Waals surface area contributed by atoms with Gasteiger partial charge in [-0.05, 0) is 94.5 Å². The smallest absolute Gasteiger partial charge is 0.232 e. The van der Waals surface area contributed by atoms with E-state index in [0.29, 0.717) is 23.7 Å². The van der Waals surface area contributed by atoms with Crippen LogP contribution in [0.4, 0.5) is 0 Å². The molecule has 0 aliphatic carbocycles. The number of fused-ring (bicyclic) bond motifs is 6. The van der Waals surface area contributed by atoms with Gasteiger partial charge in [0.2, 0.25) is 0 Å². The first-order valence-electron chi connectivity index (χ1n) is 17.1. The van der Waals surface area contributed by atoms with E-state index in [1.165, 1.54) is 77.5 Å². The van der Waals surface area contributed by atoms with Crippen molar-refractivity contribution in [2.75, 3.05) is 0 Å². The Morgan fingerprint density at radius 1 is 0.644 bits per heavy atom. The summed E-state index contributed by atoms with van der Waals surface area (Å²) < 4.78 is 4.95. The second kappa shape index (κ2) is 12.1. The van der Waals surface area contributed by atoms with E-state index in [-0.39, 0.29) is 0 Å². The zero-order chi connectivity index (χ0) is 32.2. The molecule has 0 atom stereocenters. The highest BCUT2D eigenvalue weighted by atomic mass is 15.1. The average molecular weight is 596 g/mol. The zero-order valence-electron chi connectivity index (χ0n) is 29.1. The summed E-state index contributed by atoms with van der Waals surface area (Å²) in [5.74, 6) is 2.05. The van der Waals surface area contributed by atoms with E-state index in [4.69, 9.17) is 0 Å². The van der Waals surface area contributed by atoms with Gasteiger partial charge < -0.3 is 0 Å². The van der Waals surface area contributed by atoms with Gasteiger partial charge in [0.25, 0.3) is 5.65 Å². The molecule has 0 bridgehead atoms. The summed E-state index contributed by atoms with van der Waals surface area (Å²) in [7, 11) is 2.23. The van der Waals surface area contributed by atoms with Crippen LogP contribution in [0.5, 0.6) is 0 Å². The maximum atomic E-state index is 2.58. The lowest BCUT2D eigenvalue weighted by Gasteiger charge is -2.20. The van der Waals surface area contributed by atoms with Crippen LogP contribution in [0.3, 0.4) is 0 Å². The predicted molar refractivity (Wildman–Crippen MR) is 194 cm³/mol. The average Bonchev–Trinajstić information content (AvgIpc) is 3.32. The number of nitrogens with zero attached hydrogens (tertiary/aromatic N) is 2. The SMILES string of the molecule is Cc1cccc2c3cc(-c4c(C(C)C)cccc4C(C)C)ccc3n3c(-c4c(CC(C)C)cccc4CC(C)C)c[n+](C)c3c12. The molecule has 0 saturated carbocycles. The van der Waals surface area contributed by atoms with Gasteiger partial charge in [-0.15, -0.1) is 0 Å². The van der Waals surface area contributed by atoms with Gasteiger partial charge in [0.05, 0.1) is 12.4 Å². The van der Waals surface area contributed by atoms with Crippen molar-refractivity contribution in [1.82, 2.24) is 4.40 Å². The number of imidazole rings is 1. The highest BCUT2D eigenvalue weighted by Gasteiger charge is 2.28. The lowest BCUT2D eigenvalue weighted by Crippen LogP contribution is -2.26. The molecule has 0 radical (unpaired) electrons. The molecule has 4 aromatic carbocycles. The quantitative estimate of drug-likeness (QED) is 0.122. The molecule has 0 amide bonds. The van der Waals surface area contributed by atoms with Crippen molar-refractivity contribution in [1.29, 1.82) is 0 Å². The van der Waals surface area contributed by atoms with E-state index in [1.54, 1.807) is 0 Å². The Bertz CT molecular complexity index is 1980. The summed E-state index contributed by atoms with van der Waals surface area (Å²) in [6.45, 7) is 20.9. The standard InChI is InChI=1S/C43H51N2/c1-26(2)22-31-15-12-16-32(23-27(3)4)41(31)39-25-44(10)43-40-30(9)14-11-19-36(40)37-24-33(20-21-38(37)45(39)43)42-34(28(5)6)17-13-18-35(42)29(7)8/h11-21,24-29H,22-23H2,1-10H3/q+1. The highest BCUT2D eigenvalue weighted by molar-refractivity contribution is 6.13. The maximum Gasteiger partial charge on any atom is 0.295 e. The van der Waals surface area contributed by atoms with E-state index in [1.807, 2.05) is 0 Å². The molecular formula is C43H51N2+. The van der Waals surface area contributed by atoms with Crippen molar-refractivity contribution in [3.05, 3.63) is 107 Å². The molecule has 0 N–H and O–H groups in total. The van der Waals surface area contributed by atoms with Gasteiger partial charge in [0.15, 0.2) is 5.69 Å². The second-order valence-electron chi connectivity index (χ2n) is 14.8. The lowest BCUT2D eigenvalue weighted by molar-refractivity contribution is -0.643. The van der Waals surface area contributed by atoms with Gasteiger partial charge in [-0.25, -0.2) is 4.57 Å². The van der Waals surface area contributed by atoms with Crippen LogP contribution >= 0.6 is 0 Å². The predicted octanol–water partition coefficient (Wildman–Crippen LogP) is 11.4. The zero-order valence-corrected chi connectivity index (χ0v) is 29.1. The summed E-state index contributed by atoms with van der Waals surface area (Å²) in [5.41, 5.74) is 15.0. The summed E-state index contributed by atoms with van der Waals surface area (Å²) in [6.07, 6.45) is 4.52. The van der Waals surface area contributed by atoms with Crippen LogP contribution in [0.25, 0.3) is 49.7 Å². The molecule has 0 unspecified atom stereocenters. The number of benzene rings is 4. The minimum Gasteiger partial charge on any atom is -0.232 e. The molecule has 2 nitrogen and oxygen atoms in total. The summed E-state index contributed by atoms with van der Waals surface area (Å²) in [6, 6.07) is 28.0. The Morgan fingerprint density at radius 3 is 1.80 bits per heavy atom. The normalized spacial score (nSPS) is 12.3. The summed E-state index contributed by atoms with van der Waals surface area (Å²) >= 11 is 0. The third kappa shape index (κ3) is 5.47. The number of aromatic nitrogens is 2. The van der Waals surface area contributed by atoms with Crippen molar-refractivity contribution >= 4 is 27.3 Å². The third-order valence-corrected chi connectivity index (χ3v) is 9.54. The molecule has 45 heavy (non-hydrogen) atoms. The van der Waals surface area contributed by atoms with Crippen LogP contribution in [0.2, 0.25) is 0 Å². The topological polar surface area (TPSA) is 8.29 Å². The molecule has 0 fully saturated rings. The van der Waals surface area contributed by atoms with Gasteiger partial charge in [-0.1, -0.05) is 116 Å². The Morgan fingerprint density at radius 2 is 1.22 bits per heavy atom. The first-order valence-corrected chi connectivity index (χ1v) is 17.1. The highest BCUT2D eigenvalue weighted by Crippen LogP contribution is 2.41. The minimum atomic E-state index is 0.447. The maximum absolute atomic E-state index is 2.58. The number of aryl methyl sites for hydroxylation is 2. The van der Waals surface area contributed by atoms with Crippen molar-refractivity contribution < 1.29 is 4.57 Å². The first kappa shape index (κ1) is 31.1. The molecule has 6 rings (SSSR count). The Kier molecular flexibility index (Phi) is 8.37. The minimum absolute atomic E-state index is 0.447. The molecular weight excluding hydrogens is 544 g/mol. The van der Waals surface area contributed by atoms with Crippen molar-refractivity contribution in [3.63, 3.8) is 0 Å². The second-order valence-corrected chi connectivity index (χ2v) is 14.8. The molecule has 2 heteroatoms. The van der Waals surface area contributed by atoms with Crippen LogP contribution in [-0.2, 0) is 19.9 Å². The Hall–Kier alpha value is -3.91. The van der Waals surface area contributed by atoms with Gasteiger partial charge in [0.1, 0.15) is 11.7 Å². The molecule has 0 aliphatic heterocycles. The fourth-order valence-electron chi connectivity index (χ4n) is 7.66. The van der Waals surface area contributed by atoms with Gasteiger partial charge in [-0.3, -0.25) is 0 Å². The fourth-order valence-corrected chi connectivity index (χ4v) is 7.66. The Labute approximate surface area is 270 Å². The van der Waals surface area contributed by atoms with E-state index in [2.05, 4.69) is 157 Å². The van der Waals surface area contributed by atoms with Crippen LogP contribution in [0.1, 0.15) is 95.0 Å². The molecule has 2 heterocycles. The fraction of sp³-hybridized carbons (Fsp3) is 0.372. The summed E-state index contributed by atoms with van der Waals surface area (Å²) in [5, 5.41) is 3.98. The van der Waals surface area contributed by atoms with Crippen molar-refractivity contribution in [2.24, 2.45) is 18.9 Å². The van der Waals surface area contributed by atoms with Crippen LogP contribution < -0.4 is 4.57 Å². The largest absolute Gasteiger partial charge is 0.295 e. The lowest BCUT2D eigenvalue weighted by atomic mass is 9.84. The van der Waals surface area contributed by atoms with Crippen molar-refractivity contribution in [2.45, 2.75) is 87.0 Å². The molecule has 2 aromatic heterocycles. The van der Waals surface area contributed by atoms with Crippen LogP contribution in [0.15, 0.2) is 79.0 Å². The summed E-state index contributed by atoms with van der Waals surface area (Å²) in [4.78, 5) is 0. The van der Waals surface area contributed by atoms with E-state index in [0.717, 1.165) is 12.8 Å².